The molecule has 8 nitrogen and oxygen atoms in total. The van der Waals surface area contributed by atoms with Crippen molar-refractivity contribution in [1.82, 2.24) is 19.1 Å². The van der Waals surface area contributed by atoms with E-state index in [4.69, 9.17) is 4.74 Å². The largest absolute Gasteiger partial charge is 0.378 e. The van der Waals surface area contributed by atoms with Crippen molar-refractivity contribution in [2.45, 2.75) is 6.92 Å². The van der Waals surface area contributed by atoms with Crippen LogP contribution in [0.2, 0.25) is 0 Å². The van der Waals surface area contributed by atoms with Crippen LogP contribution in [0.4, 0.5) is 5.82 Å². The van der Waals surface area contributed by atoms with Gasteiger partial charge in [0.2, 0.25) is 0 Å². The summed E-state index contributed by atoms with van der Waals surface area (Å²) in [5.41, 5.74) is 0.410. The highest BCUT2D eigenvalue weighted by molar-refractivity contribution is 5.72. The zero-order valence-electron chi connectivity index (χ0n) is 12.3. The van der Waals surface area contributed by atoms with Gasteiger partial charge in [0.15, 0.2) is 17.0 Å². The highest BCUT2D eigenvalue weighted by Crippen LogP contribution is 2.18. The Hall–Kier alpha value is -2.22. The van der Waals surface area contributed by atoms with Crippen molar-refractivity contribution >= 4 is 17.0 Å². The van der Waals surface area contributed by atoms with E-state index < -0.39 is 11.2 Å². The molecule has 0 saturated carbocycles. The Bertz CT molecular complexity index is 817. The fraction of sp³-hybridized carbons (Fsp3) is 0.538. The summed E-state index contributed by atoms with van der Waals surface area (Å²) < 4.78 is 7.72. The van der Waals surface area contributed by atoms with Gasteiger partial charge in [-0.2, -0.15) is 0 Å². The third-order valence-corrected chi connectivity index (χ3v) is 3.74. The fourth-order valence-corrected chi connectivity index (χ4v) is 2.51. The molecule has 21 heavy (non-hydrogen) atoms. The molecule has 3 heterocycles. The Labute approximate surface area is 120 Å². The predicted molar refractivity (Wildman–Crippen MR) is 77.8 cm³/mol. The van der Waals surface area contributed by atoms with Gasteiger partial charge >= 0.3 is 5.69 Å². The Morgan fingerprint density at radius 1 is 1.05 bits per heavy atom. The first-order valence-corrected chi connectivity index (χ1v) is 6.77. The predicted octanol–water partition coefficient (Wildman–Crippen LogP) is -0.828. The summed E-state index contributed by atoms with van der Waals surface area (Å²) in [6.07, 6.45) is 0. The first-order chi connectivity index (χ1) is 10.0. The fourth-order valence-electron chi connectivity index (χ4n) is 2.51. The van der Waals surface area contributed by atoms with Crippen LogP contribution in [0.3, 0.4) is 0 Å². The summed E-state index contributed by atoms with van der Waals surface area (Å²) in [4.78, 5) is 35.1. The topological polar surface area (TPSA) is 82.2 Å². The first-order valence-electron chi connectivity index (χ1n) is 6.77. The summed E-state index contributed by atoms with van der Waals surface area (Å²) in [6, 6.07) is 0. The van der Waals surface area contributed by atoms with Crippen LogP contribution in [0, 0.1) is 6.92 Å². The molecule has 0 atom stereocenters. The van der Waals surface area contributed by atoms with Crippen LogP contribution in [0.15, 0.2) is 9.59 Å². The van der Waals surface area contributed by atoms with Gasteiger partial charge < -0.3 is 9.64 Å². The van der Waals surface area contributed by atoms with Crippen LogP contribution in [0.25, 0.3) is 11.2 Å². The van der Waals surface area contributed by atoms with E-state index in [1.807, 2.05) is 6.92 Å². The third-order valence-electron chi connectivity index (χ3n) is 3.74. The molecule has 112 valence electrons. The summed E-state index contributed by atoms with van der Waals surface area (Å²) in [5.74, 6) is 0.682. The molecule has 0 unspecified atom stereocenters. The minimum Gasteiger partial charge on any atom is -0.378 e. The van der Waals surface area contributed by atoms with E-state index in [9.17, 15) is 9.59 Å². The molecule has 8 heteroatoms. The maximum atomic E-state index is 12.3. The maximum absolute atomic E-state index is 12.3. The molecule has 1 fully saturated rings. The lowest BCUT2D eigenvalue weighted by Crippen LogP contribution is -2.40. The summed E-state index contributed by atoms with van der Waals surface area (Å²) >= 11 is 0. The second kappa shape index (κ2) is 4.96. The molecule has 1 saturated heterocycles. The van der Waals surface area contributed by atoms with Gasteiger partial charge in [0.05, 0.1) is 18.9 Å². The highest BCUT2D eigenvalue weighted by Gasteiger charge is 2.19. The quantitative estimate of drug-likeness (QED) is 0.682. The number of aryl methyl sites for hydroxylation is 2. The van der Waals surface area contributed by atoms with Gasteiger partial charge in [0.1, 0.15) is 0 Å². The molecule has 2 aromatic heterocycles. The van der Waals surface area contributed by atoms with Crippen molar-refractivity contribution < 1.29 is 4.74 Å². The van der Waals surface area contributed by atoms with Crippen molar-refractivity contribution in [3.8, 4) is 0 Å². The standard InChI is InChI=1S/C13H17N5O3/c1-8-10(18-4-6-21-7-5-18)15-9-11(14-8)16(2)13(20)17(3)12(9)19/h4-7H2,1-3H3. The molecule has 0 radical (unpaired) electrons. The minimum absolute atomic E-state index is 0.215. The van der Waals surface area contributed by atoms with E-state index in [-0.39, 0.29) is 5.52 Å². The summed E-state index contributed by atoms with van der Waals surface area (Å²) in [5, 5.41) is 0. The molecule has 0 bridgehead atoms. The molecule has 1 aliphatic heterocycles. The van der Waals surface area contributed by atoms with Crippen molar-refractivity contribution in [1.29, 1.82) is 0 Å². The number of morpholine rings is 1. The molecular weight excluding hydrogens is 274 g/mol. The lowest BCUT2D eigenvalue weighted by Gasteiger charge is -2.28. The van der Waals surface area contributed by atoms with E-state index in [1.54, 1.807) is 7.05 Å². The number of anilines is 1. The van der Waals surface area contributed by atoms with Gasteiger partial charge in [0, 0.05) is 27.2 Å². The number of rotatable bonds is 1. The van der Waals surface area contributed by atoms with Gasteiger partial charge in [-0.25, -0.2) is 14.8 Å². The molecule has 0 spiro atoms. The van der Waals surface area contributed by atoms with Crippen LogP contribution >= 0.6 is 0 Å². The Balaban J connectivity index is 2.28. The van der Waals surface area contributed by atoms with E-state index in [2.05, 4.69) is 14.9 Å². The molecule has 1 aliphatic rings. The second-order valence-electron chi connectivity index (χ2n) is 5.11. The molecule has 2 aromatic rings. The number of nitrogens with zero attached hydrogens (tertiary/aromatic N) is 5. The summed E-state index contributed by atoms with van der Waals surface area (Å²) in [6.45, 7) is 4.52. The normalized spacial score (nSPS) is 15.7. The van der Waals surface area contributed by atoms with Crippen LogP contribution < -0.4 is 16.1 Å². The molecule has 0 aliphatic carbocycles. The molecule has 3 rings (SSSR count). The van der Waals surface area contributed by atoms with E-state index in [1.165, 1.54) is 11.6 Å². The Morgan fingerprint density at radius 3 is 2.38 bits per heavy atom. The van der Waals surface area contributed by atoms with Gasteiger partial charge in [-0.1, -0.05) is 0 Å². The number of ether oxygens (including phenoxy) is 1. The second-order valence-corrected chi connectivity index (χ2v) is 5.11. The summed E-state index contributed by atoms with van der Waals surface area (Å²) in [7, 11) is 3.03. The smallest absolute Gasteiger partial charge is 0.332 e. The first kappa shape index (κ1) is 13.7. The van der Waals surface area contributed by atoms with E-state index in [0.29, 0.717) is 43.5 Å². The number of hydrogen-bond donors (Lipinski definition) is 0. The van der Waals surface area contributed by atoms with E-state index in [0.717, 1.165) is 4.57 Å². The van der Waals surface area contributed by atoms with Gasteiger partial charge in [-0.05, 0) is 6.92 Å². The molecule has 0 N–H and O–H groups in total. The number of fused-ring (bicyclic) bond motifs is 1. The van der Waals surface area contributed by atoms with E-state index >= 15 is 0 Å². The van der Waals surface area contributed by atoms with Gasteiger partial charge in [-0.15, -0.1) is 0 Å². The Kier molecular flexibility index (Phi) is 3.25. The minimum atomic E-state index is -0.421. The lowest BCUT2D eigenvalue weighted by molar-refractivity contribution is 0.122. The average molecular weight is 291 g/mol. The SMILES string of the molecule is Cc1nc2c(nc1N1CCOCC1)c(=O)n(C)c(=O)n2C. The van der Waals surface area contributed by atoms with Crippen molar-refractivity contribution in [3.63, 3.8) is 0 Å². The molecular formula is C13H17N5O3. The Morgan fingerprint density at radius 2 is 1.71 bits per heavy atom. The lowest BCUT2D eigenvalue weighted by atomic mass is 10.3. The van der Waals surface area contributed by atoms with Crippen molar-refractivity contribution in [2.75, 3.05) is 31.2 Å². The number of aromatic nitrogens is 4. The zero-order chi connectivity index (χ0) is 15.1. The van der Waals surface area contributed by atoms with Gasteiger partial charge in [0.25, 0.3) is 5.56 Å². The zero-order valence-corrected chi connectivity index (χ0v) is 12.3. The van der Waals surface area contributed by atoms with Crippen LogP contribution in [0.1, 0.15) is 5.69 Å². The van der Waals surface area contributed by atoms with Crippen LogP contribution in [-0.4, -0.2) is 45.4 Å². The maximum Gasteiger partial charge on any atom is 0.332 e. The third kappa shape index (κ3) is 2.11. The number of hydrogen-bond acceptors (Lipinski definition) is 6. The van der Waals surface area contributed by atoms with Gasteiger partial charge in [-0.3, -0.25) is 13.9 Å². The van der Waals surface area contributed by atoms with Crippen LogP contribution in [-0.2, 0) is 18.8 Å². The average Bonchev–Trinajstić information content (AvgIpc) is 2.51. The van der Waals surface area contributed by atoms with Crippen LogP contribution in [0.5, 0.6) is 0 Å². The molecule has 0 aromatic carbocycles. The van der Waals surface area contributed by atoms with Crippen molar-refractivity contribution in [3.05, 3.63) is 26.5 Å². The highest BCUT2D eigenvalue weighted by atomic mass is 16.5. The van der Waals surface area contributed by atoms with Crippen molar-refractivity contribution in [2.24, 2.45) is 14.1 Å². The molecule has 0 amide bonds. The monoisotopic (exact) mass is 291 g/mol.